The number of nitrogens with two attached hydrogens (primary N) is 1. The number of nitrogens with zero attached hydrogens (tertiary/aromatic N) is 2. The third-order valence-corrected chi connectivity index (χ3v) is 2.44. The lowest BCUT2D eigenvalue weighted by Crippen LogP contribution is -2.18. The van der Waals surface area contributed by atoms with E-state index >= 15 is 0 Å². The Bertz CT molecular complexity index is 667. The maximum Gasteiger partial charge on any atom is 0.267 e. The van der Waals surface area contributed by atoms with E-state index in [1.165, 1.54) is 18.2 Å². The first-order valence-corrected chi connectivity index (χ1v) is 5.16. The number of para-hydroxylation sites is 1. The standard InChI is InChI=1S/C13H10FN3O/c1-3-9-5-4-6-10(14)12(9)17-11(13(15)18)7-8(2)16-17/h1,4-7H,2H3,(H2,15,18). The third-order valence-electron chi connectivity index (χ3n) is 2.44. The van der Waals surface area contributed by atoms with Gasteiger partial charge in [-0.15, -0.1) is 6.42 Å². The van der Waals surface area contributed by atoms with Crippen molar-refractivity contribution in [2.24, 2.45) is 5.73 Å². The molecule has 2 N–H and O–H groups in total. The molecule has 0 aliphatic rings. The number of primary amides is 1. The van der Waals surface area contributed by atoms with Gasteiger partial charge in [-0.25, -0.2) is 9.07 Å². The van der Waals surface area contributed by atoms with Crippen molar-refractivity contribution in [3.05, 3.63) is 47.0 Å². The Labute approximate surface area is 103 Å². The number of benzene rings is 1. The van der Waals surface area contributed by atoms with Crippen LogP contribution in [0.15, 0.2) is 24.3 Å². The molecule has 18 heavy (non-hydrogen) atoms. The molecule has 5 heteroatoms. The molecule has 4 nitrogen and oxygen atoms in total. The molecule has 0 aliphatic heterocycles. The number of hydrogen-bond acceptors (Lipinski definition) is 2. The second-order valence-electron chi connectivity index (χ2n) is 3.73. The molecule has 1 aromatic carbocycles. The molecule has 0 radical (unpaired) electrons. The van der Waals surface area contributed by atoms with Gasteiger partial charge in [0.15, 0.2) is 0 Å². The van der Waals surface area contributed by atoms with Crippen LogP contribution in [-0.2, 0) is 0 Å². The summed E-state index contributed by atoms with van der Waals surface area (Å²) >= 11 is 0. The highest BCUT2D eigenvalue weighted by Crippen LogP contribution is 2.20. The van der Waals surface area contributed by atoms with E-state index < -0.39 is 11.7 Å². The summed E-state index contributed by atoms with van der Waals surface area (Å²) < 4.78 is 15.0. The number of aromatic nitrogens is 2. The van der Waals surface area contributed by atoms with Gasteiger partial charge in [-0.1, -0.05) is 12.0 Å². The van der Waals surface area contributed by atoms with E-state index in [2.05, 4.69) is 11.0 Å². The van der Waals surface area contributed by atoms with Crippen LogP contribution in [0.2, 0.25) is 0 Å². The van der Waals surface area contributed by atoms with Crippen LogP contribution in [-0.4, -0.2) is 15.7 Å². The Morgan fingerprint density at radius 3 is 2.89 bits per heavy atom. The maximum absolute atomic E-state index is 13.9. The minimum Gasteiger partial charge on any atom is -0.364 e. The summed E-state index contributed by atoms with van der Waals surface area (Å²) in [6.07, 6.45) is 5.32. The highest BCUT2D eigenvalue weighted by atomic mass is 19.1. The van der Waals surface area contributed by atoms with E-state index in [9.17, 15) is 9.18 Å². The molecule has 0 unspecified atom stereocenters. The molecule has 0 fully saturated rings. The fourth-order valence-electron chi connectivity index (χ4n) is 1.69. The largest absolute Gasteiger partial charge is 0.364 e. The lowest BCUT2D eigenvalue weighted by Gasteiger charge is -2.08. The molecular weight excluding hydrogens is 233 g/mol. The maximum atomic E-state index is 13.9. The summed E-state index contributed by atoms with van der Waals surface area (Å²) in [7, 11) is 0. The molecule has 1 amide bonds. The predicted octanol–water partition coefficient (Wildman–Crippen LogP) is 1.40. The van der Waals surface area contributed by atoms with Crippen LogP contribution in [0.25, 0.3) is 5.69 Å². The normalized spacial score (nSPS) is 10.1. The molecule has 0 aliphatic carbocycles. The summed E-state index contributed by atoms with van der Waals surface area (Å²) in [5.74, 6) is 1.11. The highest BCUT2D eigenvalue weighted by Gasteiger charge is 2.17. The van der Waals surface area contributed by atoms with Gasteiger partial charge in [0.25, 0.3) is 5.91 Å². The summed E-state index contributed by atoms with van der Waals surface area (Å²) in [5.41, 5.74) is 6.24. The zero-order valence-electron chi connectivity index (χ0n) is 9.64. The van der Waals surface area contributed by atoms with E-state index in [-0.39, 0.29) is 11.4 Å². The monoisotopic (exact) mass is 243 g/mol. The minimum atomic E-state index is -0.693. The molecule has 1 aromatic heterocycles. The Hall–Kier alpha value is -2.61. The summed E-state index contributed by atoms with van der Waals surface area (Å²) in [6, 6.07) is 5.79. The first-order valence-electron chi connectivity index (χ1n) is 5.16. The molecule has 0 saturated carbocycles. The molecule has 1 heterocycles. The van der Waals surface area contributed by atoms with Crippen molar-refractivity contribution in [3.63, 3.8) is 0 Å². The van der Waals surface area contributed by atoms with Gasteiger partial charge in [0.2, 0.25) is 0 Å². The number of terminal acetylenes is 1. The van der Waals surface area contributed by atoms with Crippen molar-refractivity contribution < 1.29 is 9.18 Å². The van der Waals surface area contributed by atoms with E-state index in [4.69, 9.17) is 12.2 Å². The molecule has 0 atom stereocenters. The van der Waals surface area contributed by atoms with Crippen molar-refractivity contribution in [2.45, 2.75) is 6.92 Å². The van der Waals surface area contributed by atoms with Gasteiger partial charge in [-0.05, 0) is 25.1 Å². The van der Waals surface area contributed by atoms with Crippen LogP contribution in [0.5, 0.6) is 0 Å². The highest BCUT2D eigenvalue weighted by molar-refractivity contribution is 5.92. The molecule has 2 aromatic rings. The number of amides is 1. The average Bonchev–Trinajstić information content (AvgIpc) is 2.70. The number of hydrogen-bond donors (Lipinski definition) is 1. The number of rotatable bonds is 2. The van der Waals surface area contributed by atoms with Gasteiger partial charge >= 0.3 is 0 Å². The second kappa shape index (κ2) is 4.34. The summed E-state index contributed by atoms with van der Waals surface area (Å²) in [4.78, 5) is 11.3. The smallest absolute Gasteiger partial charge is 0.267 e. The van der Waals surface area contributed by atoms with Gasteiger partial charge in [0, 0.05) is 0 Å². The molecule has 2 rings (SSSR count). The Balaban J connectivity index is 2.77. The van der Waals surface area contributed by atoms with Crippen LogP contribution in [0, 0.1) is 25.1 Å². The van der Waals surface area contributed by atoms with E-state index in [1.807, 2.05) is 0 Å². The average molecular weight is 243 g/mol. The zero-order chi connectivity index (χ0) is 13.3. The number of carbonyl (C=O) groups is 1. The van der Waals surface area contributed by atoms with Gasteiger partial charge in [-0.2, -0.15) is 5.10 Å². The zero-order valence-corrected chi connectivity index (χ0v) is 9.64. The van der Waals surface area contributed by atoms with E-state index in [1.54, 1.807) is 13.0 Å². The minimum absolute atomic E-state index is 0.0573. The van der Waals surface area contributed by atoms with E-state index in [0.717, 1.165) is 4.68 Å². The van der Waals surface area contributed by atoms with Crippen LogP contribution in [0.4, 0.5) is 4.39 Å². The number of halogens is 1. The Kier molecular flexibility index (Phi) is 2.86. The lowest BCUT2D eigenvalue weighted by molar-refractivity contribution is 0.0993. The predicted molar refractivity (Wildman–Crippen MR) is 64.7 cm³/mol. The number of aryl methyl sites for hydroxylation is 1. The first-order chi connectivity index (χ1) is 8.54. The van der Waals surface area contributed by atoms with Crippen molar-refractivity contribution in [1.82, 2.24) is 9.78 Å². The summed E-state index contributed by atoms with van der Waals surface area (Å²) in [5, 5.41) is 4.05. The van der Waals surface area contributed by atoms with Crippen molar-refractivity contribution in [3.8, 4) is 18.0 Å². The molecule has 0 saturated heterocycles. The van der Waals surface area contributed by atoms with Crippen LogP contribution in [0.1, 0.15) is 21.7 Å². The molecule has 0 spiro atoms. The number of carbonyl (C=O) groups excluding carboxylic acids is 1. The third kappa shape index (κ3) is 1.84. The molecule has 0 bridgehead atoms. The van der Waals surface area contributed by atoms with Crippen molar-refractivity contribution in [1.29, 1.82) is 0 Å². The van der Waals surface area contributed by atoms with Gasteiger partial charge in [-0.3, -0.25) is 4.79 Å². The quantitative estimate of drug-likeness (QED) is 0.810. The van der Waals surface area contributed by atoms with Crippen LogP contribution in [0.3, 0.4) is 0 Å². The lowest BCUT2D eigenvalue weighted by atomic mass is 10.1. The van der Waals surface area contributed by atoms with Gasteiger partial charge in [0.1, 0.15) is 17.2 Å². The fourth-order valence-corrected chi connectivity index (χ4v) is 1.69. The second-order valence-corrected chi connectivity index (χ2v) is 3.73. The Morgan fingerprint density at radius 2 is 2.28 bits per heavy atom. The van der Waals surface area contributed by atoms with Crippen LogP contribution < -0.4 is 5.73 Å². The fraction of sp³-hybridized carbons (Fsp3) is 0.0769. The summed E-state index contributed by atoms with van der Waals surface area (Å²) in [6.45, 7) is 1.68. The topological polar surface area (TPSA) is 60.9 Å². The van der Waals surface area contributed by atoms with Crippen molar-refractivity contribution >= 4 is 5.91 Å². The van der Waals surface area contributed by atoms with E-state index in [0.29, 0.717) is 11.3 Å². The SMILES string of the molecule is C#Cc1cccc(F)c1-n1nc(C)cc1C(N)=O. The van der Waals surface area contributed by atoms with Gasteiger partial charge in [0.05, 0.1) is 11.3 Å². The van der Waals surface area contributed by atoms with Gasteiger partial charge < -0.3 is 5.73 Å². The van der Waals surface area contributed by atoms with Crippen molar-refractivity contribution in [2.75, 3.05) is 0 Å². The Morgan fingerprint density at radius 1 is 1.56 bits per heavy atom. The molecular formula is C13H10FN3O. The molecule has 90 valence electrons. The first kappa shape index (κ1) is 11.9. The van der Waals surface area contributed by atoms with Crippen LogP contribution >= 0.6 is 0 Å².